The number of nitriles is 1. The van der Waals surface area contributed by atoms with Gasteiger partial charge in [0.25, 0.3) is 0 Å². The van der Waals surface area contributed by atoms with E-state index in [1.165, 1.54) is 6.07 Å². The molecule has 1 aromatic rings. The van der Waals surface area contributed by atoms with E-state index in [9.17, 15) is 13.2 Å². The van der Waals surface area contributed by atoms with E-state index in [2.05, 4.69) is 24.6 Å². The molecule has 2 unspecified atom stereocenters. The second-order valence-corrected chi connectivity index (χ2v) is 12.8. The van der Waals surface area contributed by atoms with Gasteiger partial charge in [-0.2, -0.15) is 5.26 Å². The SMILES string of the molecule is CN1C(=O)C=C[C@@]2(C)C1CC[C@@H]1[C@H]2CC[C@]2(C)C(NS(=O)(=O)c3cccc(C#N)c3)CC[C@@H]12. The Bertz CT molecular complexity index is 1160. The van der Waals surface area contributed by atoms with Crippen molar-refractivity contribution in [2.75, 3.05) is 7.05 Å². The molecule has 1 heterocycles. The zero-order valence-electron chi connectivity index (χ0n) is 19.6. The van der Waals surface area contributed by atoms with Crippen molar-refractivity contribution in [3.8, 4) is 6.07 Å². The number of likely N-dealkylation sites (N-methyl/N-ethyl adjacent to an activating group) is 1. The van der Waals surface area contributed by atoms with E-state index in [4.69, 9.17) is 5.26 Å². The number of sulfonamides is 1. The van der Waals surface area contributed by atoms with Crippen molar-refractivity contribution in [2.24, 2.45) is 28.6 Å². The molecule has 1 aliphatic heterocycles. The number of rotatable bonds is 3. The monoisotopic (exact) mass is 467 g/mol. The van der Waals surface area contributed by atoms with E-state index in [0.717, 1.165) is 38.5 Å². The summed E-state index contributed by atoms with van der Waals surface area (Å²) < 4.78 is 29.4. The number of nitrogens with zero attached hydrogens (tertiary/aromatic N) is 2. The minimum Gasteiger partial charge on any atom is -0.338 e. The Kier molecular flexibility index (Phi) is 5.26. The van der Waals surface area contributed by atoms with E-state index in [0.29, 0.717) is 23.3 Å². The smallest absolute Gasteiger partial charge is 0.246 e. The van der Waals surface area contributed by atoms with Crippen LogP contribution < -0.4 is 4.72 Å². The van der Waals surface area contributed by atoms with Crippen LogP contribution in [0.15, 0.2) is 41.3 Å². The van der Waals surface area contributed by atoms with E-state index < -0.39 is 10.0 Å². The van der Waals surface area contributed by atoms with Crippen molar-refractivity contribution < 1.29 is 13.2 Å². The summed E-state index contributed by atoms with van der Waals surface area (Å²) in [6.45, 7) is 4.61. The molecular formula is C26H33N3O3S. The molecule has 33 heavy (non-hydrogen) atoms. The average molecular weight is 468 g/mol. The van der Waals surface area contributed by atoms with Gasteiger partial charge in [0, 0.05) is 24.5 Å². The van der Waals surface area contributed by atoms with E-state index >= 15 is 0 Å². The van der Waals surface area contributed by atoms with Crippen molar-refractivity contribution in [3.63, 3.8) is 0 Å². The molecule has 0 bridgehead atoms. The van der Waals surface area contributed by atoms with E-state index in [1.807, 2.05) is 18.0 Å². The lowest BCUT2D eigenvalue weighted by Crippen LogP contribution is -2.60. The average Bonchev–Trinajstić information content (AvgIpc) is 3.12. The van der Waals surface area contributed by atoms with Gasteiger partial charge < -0.3 is 4.90 Å². The molecule has 0 aromatic heterocycles. The standard InChI is InChI=1S/C26H33N3O3S/c1-25-13-11-21-19(7-10-23-26(21,2)14-12-24(30)29(23)3)20(25)8-9-22(25)28-33(31,32)18-6-4-5-17(15-18)16-27/h4-6,12,14-15,19-23,28H,7-11,13H2,1-3H3/t19-,20-,21+,22?,23?,25-,26+/m0/s1. The van der Waals surface area contributed by atoms with Gasteiger partial charge in [0.15, 0.2) is 0 Å². The molecule has 176 valence electrons. The molecule has 5 rings (SSSR count). The molecule has 7 heteroatoms. The molecule has 1 amide bonds. The first kappa shape index (κ1) is 22.6. The predicted octanol–water partition coefficient (Wildman–Crippen LogP) is 3.84. The summed E-state index contributed by atoms with van der Waals surface area (Å²) in [4.78, 5) is 14.4. The van der Waals surface area contributed by atoms with Crippen LogP contribution in [-0.4, -0.2) is 38.4 Å². The fourth-order valence-corrected chi connectivity index (χ4v) is 9.36. The van der Waals surface area contributed by atoms with Gasteiger partial charge in [-0.15, -0.1) is 0 Å². The van der Waals surface area contributed by atoms with E-state index in [1.54, 1.807) is 24.3 Å². The van der Waals surface area contributed by atoms with Gasteiger partial charge in [-0.25, -0.2) is 13.1 Å². The minimum atomic E-state index is -3.70. The number of benzene rings is 1. The maximum atomic E-state index is 13.2. The number of nitrogens with one attached hydrogen (secondary N) is 1. The Hall–Kier alpha value is -2.17. The highest BCUT2D eigenvalue weighted by Crippen LogP contribution is 2.64. The number of amides is 1. The van der Waals surface area contributed by atoms with Crippen LogP contribution in [-0.2, 0) is 14.8 Å². The molecule has 0 spiro atoms. The van der Waals surface area contributed by atoms with Gasteiger partial charge >= 0.3 is 0 Å². The summed E-state index contributed by atoms with van der Waals surface area (Å²) in [5.41, 5.74) is 0.259. The molecule has 7 atom stereocenters. The molecule has 6 nitrogen and oxygen atoms in total. The topological polar surface area (TPSA) is 90.3 Å². The van der Waals surface area contributed by atoms with E-state index in [-0.39, 0.29) is 33.7 Å². The van der Waals surface area contributed by atoms with Crippen LogP contribution in [0.3, 0.4) is 0 Å². The third-order valence-electron chi connectivity index (χ3n) is 9.70. The van der Waals surface area contributed by atoms with Crippen molar-refractivity contribution >= 4 is 15.9 Å². The second kappa shape index (κ2) is 7.68. The number of hydrogen-bond donors (Lipinski definition) is 1. The number of carbonyl (C=O) groups excluding carboxylic acids is 1. The Labute approximate surface area is 197 Å². The molecule has 3 aliphatic carbocycles. The highest BCUT2D eigenvalue weighted by Gasteiger charge is 2.60. The molecule has 4 aliphatic rings. The number of carbonyl (C=O) groups is 1. The molecular weight excluding hydrogens is 434 g/mol. The van der Waals surface area contributed by atoms with Gasteiger partial charge in [0.1, 0.15) is 0 Å². The lowest BCUT2D eigenvalue weighted by Gasteiger charge is -2.60. The Morgan fingerprint density at radius 1 is 1.12 bits per heavy atom. The number of hydrogen-bond acceptors (Lipinski definition) is 4. The molecule has 0 saturated heterocycles. The molecule has 1 aromatic carbocycles. The first-order chi connectivity index (χ1) is 15.6. The Balaban J connectivity index is 1.39. The van der Waals surface area contributed by atoms with Gasteiger partial charge in [0.2, 0.25) is 15.9 Å². The Morgan fingerprint density at radius 2 is 1.91 bits per heavy atom. The third-order valence-corrected chi connectivity index (χ3v) is 11.2. The summed E-state index contributed by atoms with van der Waals surface area (Å²) in [5, 5.41) is 9.16. The van der Waals surface area contributed by atoms with Crippen LogP contribution in [0.1, 0.15) is 57.9 Å². The van der Waals surface area contributed by atoms with Crippen LogP contribution in [0.5, 0.6) is 0 Å². The van der Waals surface area contributed by atoms with Crippen molar-refractivity contribution in [1.82, 2.24) is 9.62 Å². The summed E-state index contributed by atoms with van der Waals surface area (Å²) >= 11 is 0. The van der Waals surface area contributed by atoms with Crippen molar-refractivity contribution in [2.45, 2.75) is 69.4 Å². The second-order valence-electron chi connectivity index (χ2n) is 11.1. The quantitative estimate of drug-likeness (QED) is 0.731. The lowest BCUT2D eigenvalue weighted by molar-refractivity contribution is -0.138. The maximum absolute atomic E-state index is 13.2. The van der Waals surface area contributed by atoms with Crippen LogP contribution in [0.2, 0.25) is 0 Å². The van der Waals surface area contributed by atoms with Crippen molar-refractivity contribution in [1.29, 1.82) is 5.26 Å². The van der Waals surface area contributed by atoms with Crippen LogP contribution in [0.4, 0.5) is 0 Å². The fraction of sp³-hybridized carbons (Fsp3) is 0.615. The molecule has 3 fully saturated rings. The molecule has 1 N–H and O–H groups in total. The third kappa shape index (κ3) is 3.37. The zero-order valence-corrected chi connectivity index (χ0v) is 20.4. The van der Waals surface area contributed by atoms with Crippen molar-refractivity contribution in [3.05, 3.63) is 42.0 Å². The van der Waals surface area contributed by atoms with Gasteiger partial charge in [-0.1, -0.05) is 26.0 Å². The first-order valence-corrected chi connectivity index (χ1v) is 13.6. The lowest BCUT2D eigenvalue weighted by atomic mass is 9.48. The number of fused-ring (bicyclic) bond motifs is 5. The molecule has 3 saturated carbocycles. The van der Waals surface area contributed by atoms with Crippen LogP contribution in [0, 0.1) is 39.9 Å². The van der Waals surface area contributed by atoms with Gasteiger partial charge in [-0.3, -0.25) is 4.79 Å². The minimum absolute atomic E-state index is 0.0117. The highest BCUT2D eigenvalue weighted by molar-refractivity contribution is 7.89. The first-order valence-electron chi connectivity index (χ1n) is 12.1. The largest absolute Gasteiger partial charge is 0.338 e. The maximum Gasteiger partial charge on any atom is 0.246 e. The fourth-order valence-electron chi connectivity index (χ4n) is 7.92. The van der Waals surface area contributed by atoms with Crippen LogP contribution >= 0.6 is 0 Å². The summed E-state index contributed by atoms with van der Waals surface area (Å²) in [5.74, 6) is 1.65. The Morgan fingerprint density at radius 3 is 2.67 bits per heavy atom. The summed E-state index contributed by atoms with van der Waals surface area (Å²) in [7, 11) is -1.76. The highest BCUT2D eigenvalue weighted by atomic mass is 32.2. The summed E-state index contributed by atoms with van der Waals surface area (Å²) in [6.07, 6.45) is 9.95. The van der Waals surface area contributed by atoms with Gasteiger partial charge in [0.05, 0.1) is 16.5 Å². The summed E-state index contributed by atoms with van der Waals surface area (Å²) in [6, 6.07) is 8.43. The predicted molar refractivity (Wildman–Crippen MR) is 125 cm³/mol. The van der Waals surface area contributed by atoms with Crippen LogP contribution in [0.25, 0.3) is 0 Å². The molecule has 0 radical (unpaired) electrons. The zero-order chi connectivity index (χ0) is 23.6. The van der Waals surface area contributed by atoms with Gasteiger partial charge in [-0.05, 0) is 86.0 Å². The normalized spacial score (nSPS) is 40.0.